The number of aromatic amines is 1. The van der Waals surface area contributed by atoms with E-state index in [0.717, 1.165) is 54.0 Å². The molecule has 0 atom stereocenters. The zero-order valence-corrected chi connectivity index (χ0v) is 17.8. The molecule has 1 aliphatic rings. The van der Waals surface area contributed by atoms with Crippen LogP contribution in [0.2, 0.25) is 0 Å². The Labute approximate surface area is 186 Å². The number of anilines is 3. The van der Waals surface area contributed by atoms with Crippen LogP contribution in [0.1, 0.15) is 29.7 Å². The molecule has 2 aromatic heterocycles. The predicted octanol–water partition coefficient (Wildman–Crippen LogP) is 5.14. The molecule has 2 aromatic carbocycles. The molecule has 0 aliphatic heterocycles. The summed E-state index contributed by atoms with van der Waals surface area (Å²) in [5.74, 6) is 0.908. The van der Waals surface area contributed by atoms with Gasteiger partial charge in [-0.05, 0) is 67.5 Å². The van der Waals surface area contributed by atoms with Crippen molar-refractivity contribution in [3.8, 4) is 0 Å². The highest BCUT2D eigenvalue weighted by Crippen LogP contribution is 2.31. The molecule has 7 nitrogen and oxygen atoms in total. The molecule has 4 N–H and O–H groups in total. The number of H-pyrrole nitrogens is 1. The van der Waals surface area contributed by atoms with Crippen molar-refractivity contribution in [1.82, 2.24) is 15.0 Å². The van der Waals surface area contributed by atoms with E-state index in [0.29, 0.717) is 0 Å². The largest absolute Gasteiger partial charge is 0.369 e. The van der Waals surface area contributed by atoms with Crippen molar-refractivity contribution in [2.75, 3.05) is 22.5 Å². The highest BCUT2D eigenvalue weighted by atomic mass is 16.2. The van der Waals surface area contributed by atoms with Gasteiger partial charge in [-0.25, -0.2) is 14.8 Å². The Hall–Kier alpha value is -3.87. The average molecular weight is 427 g/mol. The topological polar surface area (TPSA) is 94.7 Å². The van der Waals surface area contributed by atoms with Crippen LogP contribution in [-0.4, -0.2) is 27.5 Å². The maximum Gasteiger partial charge on any atom is 0.323 e. The average Bonchev–Trinajstić information content (AvgIpc) is 3.20. The molecule has 7 heteroatoms. The number of fused-ring (bicyclic) bond motifs is 3. The number of para-hydroxylation sites is 1. The second-order valence-corrected chi connectivity index (χ2v) is 8.05. The summed E-state index contributed by atoms with van der Waals surface area (Å²) in [6.07, 6.45) is 7.10. The predicted molar refractivity (Wildman–Crippen MR) is 128 cm³/mol. The zero-order chi connectivity index (χ0) is 21.8. The first-order chi connectivity index (χ1) is 15.8. The first-order valence-corrected chi connectivity index (χ1v) is 11.1. The SMILES string of the molecule is O=C(Nc1ccccc1)Nc1ccc(CCNc2ncnc3[nH]c4c(c23)CCCC4)cc1. The number of hydrogen-bond acceptors (Lipinski definition) is 4. The van der Waals surface area contributed by atoms with Gasteiger partial charge in [0, 0.05) is 23.6 Å². The summed E-state index contributed by atoms with van der Waals surface area (Å²) in [5.41, 5.74) is 6.32. The molecule has 0 saturated heterocycles. The Bertz CT molecular complexity index is 1220. The molecule has 2 heterocycles. The highest BCUT2D eigenvalue weighted by Gasteiger charge is 2.19. The molecule has 0 saturated carbocycles. The van der Waals surface area contributed by atoms with Gasteiger partial charge < -0.3 is 20.9 Å². The Morgan fingerprint density at radius 3 is 2.47 bits per heavy atom. The summed E-state index contributed by atoms with van der Waals surface area (Å²) in [4.78, 5) is 24.5. The summed E-state index contributed by atoms with van der Waals surface area (Å²) in [6, 6.07) is 17.0. The number of benzene rings is 2. The minimum atomic E-state index is -0.256. The third-order valence-electron chi connectivity index (χ3n) is 5.84. The third kappa shape index (κ3) is 4.42. The van der Waals surface area contributed by atoms with Gasteiger partial charge in [-0.3, -0.25) is 0 Å². The lowest BCUT2D eigenvalue weighted by Crippen LogP contribution is -2.19. The Morgan fingerprint density at radius 2 is 1.66 bits per heavy atom. The number of nitrogens with one attached hydrogen (secondary N) is 4. The number of urea groups is 1. The second kappa shape index (κ2) is 9.09. The molecular weight excluding hydrogens is 400 g/mol. The van der Waals surface area contributed by atoms with Gasteiger partial charge in [0.2, 0.25) is 0 Å². The van der Waals surface area contributed by atoms with Gasteiger partial charge in [-0.2, -0.15) is 0 Å². The summed E-state index contributed by atoms with van der Waals surface area (Å²) in [6.45, 7) is 0.771. The first-order valence-electron chi connectivity index (χ1n) is 11.1. The normalized spacial score (nSPS) is 12.9. The van der Waals surface area contributed by atoms with Crippen molar-refractivity contribution in [3.63, 3.8) is 0 Å². The van der Waals surface area contributed by atoms with Crippen molar-refractivity contribution in [3.05, 3.63) is 77.7 Å². The number of carbonyl (C=O) groups excluding carboxylic acids is 1. The van der Waals surface area contributed by atoms with E-state index < -0.39 is 0 Å². The smallest absolute Gasteiger partial charge is 0.323 e. The van der Waals surface area contributed by atoms with Gasteiger partial charge in [0.1, 0.15) is 17.8 Å². The van der Waals surface area contributed by atoms with Gasteiger partial charge in [0.15, 0.2) is 0 Å². The second-order valence-electron chi connectivity index (χ2n) is 8.05. The molecule has 0 fully saturated rings. The quantitative estimate of drug-likeness (QED) is 0.344. The monoisotopic (exact) mass is 426 g/mol. The van der Waals surface area contributed by atoms with Crippen LogP contribution in [0.15, 0.2) is 60.9 Å². The van der Waals surface area contributed by atoms with E-state index in [4.69, 9.17) is 0 Å². The Kier molecular flexibility index (Phi) is 5.70. The lowest BCUT2D eigenvalue weighted by Gasteiger charge is -2.12. The number of aromatic nitrogens is 3. The van der Waals surface area contributed by atoms with Crippen LogP contribution >= 0.6 is 0 Å². The molecule has 0 bridgehead atoms. The van der Waals surface area contributed by atoms with Crippen molar-refractivity contribution in [2.45, 2.75) is 32.1 Å². The number of rotatable bonds is 6. The van der Waals surface area contributed by atoms with Gasteiger partial charge in [-0.15, -0.1) is 0 Å². The molecule has 4 aromatic rings. The van der Waals surface area contributed by atoms with Crippen LogP contribution in [0.3, 0.4) is 0 Å². The molecule has 0 spiro atoms. The highest BCUT2D eigenvalue weighted by molar-refractivity contribution is 5.99. The number of amides is 2. The van der Waals surface area contributed by atoms with Crippen LogP contribution in [-0.2, 0) is 19.3 Å². The Balaban J connectivity index is 1.17. The fraction of sp³-hybridized carbons (Fsp3) is 0.240. The fourth-order valence-electron chi connectivity index (χ4n) is 4.26. The van der Waals surface area contributed by atoms with Crippen molar-refractivity contribution in [1.29, 1.82) is 0 Å². The van der Waals surface area contributed by atoms with Crippen LogP contribution in [0.4, 0.5) is 22.0 Å². The van der Waals surface area contributed by atoms with Crippen LogP contribution in [0, 0.1) is 0 Å². The van der Waals surface area contributed by atoms with Crippen LogP contribution < -0.4 is 16.0 Å². The number of hydrogen-bond donors (Lipinski definition) is 4. The van der Waals surface area contributed by atoms with E-state index in [2.05, 4.69) is 30.9 Å². The van der Waals surface area contributed by atoms with Gasteiger partial charge >= 0.3 is 6.03 Å². The Morgan fingerprint density at radius 1 is 0.906 bits per heavy atom. The molecular formula is C25H26N6O. The van der Waals surface area contributed by atoms with Gasteiger partial charge in [0.05, 0.1) is 5.39 Å². The minimum Gasteiger partial charge on any atom is -0.369 e. The summed E-state index contributed by atoms with van der Waals surface area (Å²) in [7, 11) is 0. The molecule has 0 radical (unpaired) electrons. The number of nitrogens with zero attached hydrogens (tertiary/aromatic N) is 2. The molecule has 162 valence electrons. The maximum absolute atomic E-state index is 12.1. The van der Waals surface area contributed by atoms with Gasteiger partial charge in [0.25, 0.3) is 0 Å². The first kappa shape index (κ1) is 20.1. The lowest BCUT2D eigenvalue weighted by atomic mass is 9.96. The summed E-state index contributed by atoms with van der Waals surface area (Å²) in [5, 5.41) is 10.3. The number of aryl methyl sites for hydroxylation is 2. The lowest BCUT2D eigenvalue weighted by molar-refractivity contribution is 0.262. The van der Waals surface area contributed by atoms with Crippen molar-refractivity contribution in [2.24, 2.45) is 0 Å². The number of carbonyl (C=O) groups is 1. The summed E-state index contributed by atoms with van der Waals surface area (Å²) >= 11 is 0. The van der Waals surface area contributed by atoms with Crippen LogP contribution in [0.25, 0.3) is 11.0 Å². The standard InChI is InChI=1S/C25H26N6O/c32-25(29-18-6-2-1-3-7-18)30-19-12-10-17(11-13-19)14-15-26-23-22-20-8-4-5-9-21(20)31-24(22)28-16-27-23/h1-3,6-7,10-13,16H,4-5,8-9,14-15H2,(H2,29,30,32)(H2,26,27,28,31). The zero-order valence-electron chi connectivity index (χ0n) is 17.8. The van der Waals surface area contributed by atoms with E-state index in [1.54, 1.807) is 6.33 Å². The van der Waals surface area contributed by atoms with E-state index in [9.17, 15) is 4.79 Å². The fourth-order valence-corrected chi connectivity index (χ4v) is 4.26. The van der Waals surface area contributed by atoms with E-state index in [1.165, 1.54) is 29.7 Å². The maximum atomic E-state index is 12.1. The van der Waals surface area contributed by atoms with E-state index >= 15 is 0 Å². The third-order valence-corrected chi connectivity index (χ3v) is 5.84. The van der Waals surface area contributed by atoms with Crippen molar-refractivity contribution < 1.29 is 4.79 Å². The molecule has 32 heavy (non-hydrogen) atoms. The van der Waals surface area contributed by atoms with Crippen LogP contribution in [0.5, 0.6) is 0 Å². The van der Waals surface area contributed by atoms with Gasteiger partial charge in [-0.1, -0.05) is 30.3 Å². The molecule has 1 aliphatic carbocycles. The summed E-state index contributed by atoms with van der Waals surface area (Å²) < 4.78 is 0. The van der Waals surface area contributed by atoms with E-state index in [1.807, 2.05) is 54.6 Å². The molecule has 5 rings (SSSR count). The minimum absolute atomic E-state index is 0.256. The molecule has 0 unspecified atom stereocenters. The van der Waals surface area contributed by atoms with E-state index in [-0.39, 0.29) is 6.03 Å². The van der Waals surface area contributed by atoms with Crippen molar-refractivity contribution >= 4 is 34.3 Å². The molecule has 2 amide bonds.